The second-order valence-electron chi connectivity index (χ2n) is 6.12. The highest BCUT2D eigenvalue weighted by molar-refractivity contribution is 5.85. The average Bonchev–Trinajstić information content (AvgIpc) is 2.90. The van der Waals surface area contributed by atoms with E-state index in [4.69, 9.17) is 0 Å². The van der Waals surface area contributed by atoms with E-state index in [0.717, 1.165) is 17.0 Å². The molecule has 0 aliphatic heterocycles. The standard InChI is InChI=1S/C15H23N3O3/c1-8-5-11(12(6-8)15(20)21)14(19)16-7-13-9(2)17-18(4)10(13)3/h8,11-12H,5-7H2,1-4H3,(H,16,19)(H,20,21)/t8?,11-,12+/m0/s1. The van der Waals surface area contributed by atoms with Crippen molar-refractivity contribution in [3.8, 4) is 0 Å². The SMILES string of the molecule is Cc1nn(C)c(C)c1CNC(=O)[C@H]1CC(C)C[C@H]1C(=O)O. The zero-order chi connectivity index (χ0) is 15.7. The Bertz CT molecular complexity index is 565. The van der Waals surface area contributed by atoms with Gasteiger partial charge in [-0.05, 0) is 32.6 Å². The Labute approximate surface area is 124 Å². The minimum atomic E-state index is -0.867. The molecular weight excluding hydrogens is 270 g/mol. The molecule has 0 saturated heterocycles. The van der Waals surface area contributed by atoms with Gasteiger partial charge in [0.1, 0.15) is 0 Å². The summed E-state index contributed by atoms with van der Waals surface area (Å²) in [4.78, 5) is 23.6. The molecule has 2 rings (SSSR count). The average molecular weight is 293 g/mol. The molecule has 1 aliphatic carbocycles. The number of hydrogen-bond acceptors (Lipinski definition) is 3. The van der Waals surface area contributed by atoms with Crippen molar-refractivity contribution in [3.05, 3.63) is 17.0 Å². The lowest BCUT2D eigenvalue weighted by Gasteiger charge is -2.15. The molecule has 21 heavy (non-hydrogen) atoms. The van der Waals surface area contributed by atoms with Gasteiger partial charge in [-0.15, -0.1) is 0 Å². The van der Waals surface area contributed by atoms with E-state index >= 15 is 0 Å². The second kappa shape index (κ2) is 5.87. The van der Waals surface area contributed by atoms with E-state index in [1.54, 1.807) is 4.68 Å². The highest BCUT2D eigenvalue weighted by Crippen LogP contribution is 2.36. The first-order valence-corrected chi connectivity index (χ1v) is 7.30. The molecule has 1 aromatic rings. The monoisotopic (exact) mass is 293 g/mol. The van der Waals surface area contributed by atoms with Crippen molar-refractivity contribution >= 4 is 11.9 Å². The summed E-state index contributed by atoms with van der Waals surface area (Å²) in [5.41, 5.74) is 2.91. The zero-order valence-electron chi connectivity index (χ0n) is 13.0. The summed E-state index contributed by atoms with van der Waals surface area (Å²) >= 11 is 0. The smallest absolute Gasteiger partial charge is 0.307 e. The fourth-order valence-electron chi connectivity index (χ4n) is 3.23. The zero-order valence-corrected chi connectivity index (χ0v) is 13.0. The van der Waals surface area contributed by atoms with Gasteiger partial charge in [-0.3, -0.25) is 14.3 Å². The normalized spacial score (nSPS) is 25.0. The Morgan fingerprint density at radius 1 is 1.33 bits per heavy atom. The quantitative estimate of drug-likeness (QED) is 0.879. The van der Waals surface area contributed by atoms with Gasteiger partial charge in [0, 0.05) is 24.8 Å². The first-order valence-electron chi connectivity index (χ1n) is 7.30. The number of aromatic nitrogens is 2. The number of nitrogens with one attached hydrogen (secondary N) is 1. The Morgan fingerprint density at radius 3 is 2.48 bits per heavy atom. The number of rotatable bonds is 4. The maximum Gasteiger partial charge on any atom is 0.307 e. The number of nitrogens with zero attached hydrogens (tertiary/aromatic N) is 2. The van der Waals surface area contributed by atoms with Crippen molar-refractivity contribution in [2.24, 2.45) is 24.8 Å². The van der Waals surface area contributed by atoms with Crippen LogP contribution < -0.4 is 5.32 Å². The fourth-order valence-corrected chi connectivity index (χ4v) is 3.23. The summed E-state index contributed by atoms with van der Waals surface area (Å²) in [6, 6.07) is 0. The Kier molecular flexibility index (Phi) is 4.34. The van der Waals surface area contributed by atoms with Gasteiger partial charge in [0.05, 0.1) is 17.5 Å². The molecule has 6 nitrogen and oxygen atoms in total. The van der Waals surface area contributed by atoms with Crippen molar-refractivity contribution in [3.63, 3.8) is 0 Å². The van der Waals surface area contributed by atoms with E-state index < -0.39 is 17.8 Å². The Balaban J connectivity index is 2.03. The van der Waals surface area contributed by atoms with Gasteiger partial charge in [-0.1, -0.05) is 6.92 Å². The predicted octanol–water partition coefficient (Wildman–Crippen LogP) is 1.40. The first kappa shape index (κ1) is 15.5. The molecular formula is C15H23N3O3. The van der Waals surface area contributed by atoms with Crippen LogP contribution in [0.4, 0.5) is 0 Å². The van der Waals surface area contributed by atoms with Crippen LogP contribution >= 0.6 is 0 Å². The molecule has 6 heteroatoms. The van der Waals surface area contributed by atoms with Gasteiger partial charge in [-0.25, -0.2) is 0 Å². The van der Waals surface area contributed by atoms with Crippen LogP contribution in [-0.4, -0.2) is 26.8 Å². The largest absolute Gasteiger partial charge is 0.481 e. The molecule has 0 aromatic carbocycles. The van der Waals surface area contributed by atoms with Crippen molar-refractivity contribution in [2.75, 3.05) is 0 Å². The number of carbonyl (C=O) groups excluding carboxylic acids is 1. The molecule has 1 saturated carbocycles. The maximum atomic E-state index is 12.3. The summed E-state index contributed by atoms with van der Waals surface area (Å²) < 4.78 is 1.79. The molecule has 3 atom stereocenters. The number of aliphatic carboxylic acids is 1. The highest BCUT2D eigenvalue weighted by atomic mass is 16.4. The van der Waals surface area contributed by atoms with Crippen LogP contribution in [0.2, 0.25) is 0 Å². The van der Waals surface area contributed by atoms with Crippen molar-refractivity contribution in [2.45, 2.75) is 40.2 Å². The summed E-state index contributed by atoms with van der Waals surface area (Å²) in [5.74, 6) is -1.72. The van der Waals surface area contributed by atoms with Gasteiger partial charge in [-0.2, -0.15) is 5.10 Å². The van der Waals surface area contributed by atoms with Crippen LogP contribution in [0.5, 0.6) is 0 Å². The van der Waals surface area contributed by atoms with E-state index in [2.05, 4.69) is 10.4 Å². The Morgan fingerprint density at radius 2 is 1.95 bits per heavy atom. The second-order valence-corrected chi connectivity index (χ2v) is 6.12. The van der Waals surface area contributed by atoms with E-state index in [1.807, 2.05) is 27.8 Å². The van der Waals surface area contributed by atoms with Gasteiger partial charge in [0.2, 0.25) is 5.91 Å². The summed E-state index contributed by atoms with van der Waals surface area (Å²) in [5, 5.41) is 16.4. The third kappa shape index (κ3) is 3.09. The van der Waals surface area contributed by atoms with Gasteiger partial charge >= 0.3 is 5.97 Å². The third-order valence-corrected chi connectivity index (χ3v) is 4.55. The molecule has 0 bridgehead atoms. The van der Waals surface area contributed by atoms with Crippen LogP contribution in [-0.2, 0) is 23.2 Å². The minimum Gasteiger partial charge on any atom is -0.481 e. The predicted molar refractivity (Wildman–Crippen MR) is 77.5 cm³/mol. The molecule has 1 fully saturated rings. The van der Waals surface area contributed by atoms with E-state index in [1.165, 1.54) is 0 Å². The molecule has 1 amide bonds. The molecule has 1 unspecified atom stereocenters. The van der Waals surface area contributed by atoms with Crippen molar-refractivity contribution in [1.29, 1.82) is 0 Å². The molecule has 0 spiro atoms. The van der Waals surface area contributed by atoms with E-state index in [-0.39, 0.29) is 11.8 Å². The van der Waals surface area contributed by atoms with Crippen LogP contribution in [0.15, 0.2) is 0 Å². The fraction of sp³-hybridized carbons (Fsp3) is 0.667. The Hall–Kier alpha value is -1.85. The number of carbonyl (C=O) groups is 2. The van der Waals surface area contributed by atoms with Gasteiger partial charge in [0.15, 0.2) is 0 Å². The van der Waals surface area contributed by atoms with E-state index in [0.29, 0.717) is 19.4 Å². The lowest BCUT2D eigenvalue weighted by molar-refractivity contribution is -0.146. The summed E-state index contributed by atoms with van der Waals surface area (Å²) in [7, 11) is 1.87. The molecule has 116 valence electrons. The number of hydrogen-bond donors (Lipinski definition) is 2. The van der Waals surface area contributed by atoms with Gasteiger partial charge in [0.25, 0.3) is 0 Å². The summed E-state index contributed by atoms with van der Waals surface area (Å²) in [6.45, 7) is 6.27. The number of carboxylic acids is 1. The topological polar surface area (TPSA) is 84.2 Å². The van der Waals surface area contributed by atoms with Gasteiger partial charge < -0.3 is 10.4 Å². The number of carboxylic acid groups (broad SMARTS) is 1. The third-order valence-electron chi connectivity index (χ3n) is 4.55. The molecule has 1 aromatic heterocycles. The molecule has 1 aliphatic rings. The molecule has 2 N–H and O–H groups in total. The highest BCUT2D eigenvalue weighted by Gasteiger charge is 2.41. The minimum absolute atomic E-state index is 0.158. The van der Waals surface area contributed by atoms with Crippen LogP contribution in [0.25, 0.3) is 0 Å². The first-order chi connectivity index (χ1) is 9.81. The van der Waals surface area contributed by atoms with Crippen molar-refractivity contribution < 1.29 is 14.7 Å². The van der Waals surface area contributed by atoms with E-state index in [9.17, 15) is 14.7 Å². The number of aryl methyl sites for hydroxylation is 2. The number of amides is 1. The molecule has 0 radical (unpaired) electrons. The van der Waals surface area contributed by atoms with Crippen LogP contribution in [0.3, 0.4) is 0 Å². The lowest BCUT2D eigenvalue weighted by Crippen LogP contribution is -2.35. The summed E-state index contributed by atoms with van der Waals surface area (Å²) in [6.07, 6.45) is 1.23. The van der Waals surface area contributed by atoms with Crippen molar-refractivity contribution in [1.82, 2.24) is 15.1 Å². The lowest BCUT2D eigenvalue weighted by atomic mass is 9.95. The van der Waals surface area contributed by atoms with Crippen LogP contribution in [0.1, 0.15) is 36.7 Å². The maximum absolute atomic E-state index is 12.3. The van der Waals surface area contributed by atoms with Crippen LogP contribution in [0, 0.1) is 31.6 Å². The molecule has 1 heterocycles.